The van der Waals surface area contributed by atoms with Crippen molar-refractivity contribution >= 4 is 28.7 Å². The number of halogens is 2. The summed E-state index contributed by atoms with van der Waals surface area (Å²) < 4.78 is 41.9. The molecule has 3 aliphatic heterocycles. The molecule has 7 rings (SSSR count). The normalized spacial score (nSPS) is 20.2. The number of benzene rings is 2. The van der Waals surface area contributed by atoms with Crippen LogP contribution in [0, 0.1) is 25.5 Å². The Labute approximate surface area is 291 Å². The molecule has 3 aliphatic rings. The van der Waals surface area contributed by atoms with E-state index < -0.39 is 23.3 Å². The first-order valence-electron chi connectivity index (χ1n) is 17.8. The number of hydrogen-bond donors (Lipinski definition) is 0. The van der Waals surface area contributed by atoms with Crippen LogP contribution in [0.15, 0.2) is 40.9 Å². The van der Waals surface area contributed by atoms with E-state index >= 15 is 0 Å². The zero-order valence-corrected chi connectivity index (χ0v) is 29.5. The van der Waals surface area contributed by atoms with Crippen molar-refractivity contribution in [1.82, 2.24) is 24.5 Å². The second-order valence-electron chi connectivity index (χ2n) is 15.0. The molecule has 2 amide bonds. The van der Waals surface area contributed by atoms with Gasteiger partial charge in [-0.1, -0.05) is 11.2 Å². The molecule has 2 aromatic carbocycles. The minimum atomic E-state index is -0.985. The number of carbonyl (C=O) groups excluding carboxylic acids is 2. The van der Waals surface area contributed by atoms with Crippen LogP contribution in [-0.4, -0.2) is 74.3 Å². The van der Waals surface area contributed by atoms with Gasteiger partial charge in [0.25, 0.3) is 0 Å². The van der Waals surface area contributed by atoms with Gasteiger partial charge < -0.3 is 28.5 Å². The van der Waals surface area contributed by atoms with Crippen molar-refractivity contribution in [2.75, 3.05) is 31.1 Å². The minimum Gasteiger partial charge on any atom is -0.444 e. The number of hydrogen-bond acceptors (Lipinski definition) is 7. The molecule has 10 nitrogen and oxygen atoms in total. The summed E-state index contributed by atoms with van der Waals surface area (Å²) >= 11 is 0. The van der Waals surface area contributed by atoms with Gasteiger partial charge in [0.05, 0.1) is 22.8 Å². The smallest absolute Gasteiger partial charge is 0.410 e. The predicted molar refractivity (Wildman–Crippen MR) is 186 cm³/mol. The molecule has 0 N–H and O–H groups in total. The number of aryl methyl sites for hydroxylation is 2. The number of amides is 2. The zero-order valence-electron chi connectivity index (χ0n) is 29.5. The first kappa shape index (κ1) is 34.1. The van der Waals surface area contributed by atoms with Crippen LogP contribution < -0.4 is 4.90 Å². The molecule has 4 aromatic rings. The molecule has 3 saturated heterocycles. The molecular formula is C38H46F2N6O4. The first-order valence-corrected chi connectivity index (χ1v) is 17.8. The number of aromatic nitrogens is 3. The molecule has 50 heavy (non-hydrogen) atoms. The molecule has 266 valence electrons. The monoisotopic (exact) mass is 688 g/mol. The van der Waals surface area contributed by atoms with Crippen molar-refractivity contribution in [1.29, 1.82) is 0 Å². The average Bonchev–Trinajstić information content (AvgIpc) is 3.63. The number of nitrogens with zero attached hydrogens (tertiary/aromatic N) is 6. The Morgan fingerprint density at radius 3 is 2.30 bits per heavy atom. The fraction of sp³-hybridized carbons (Fsp3) is 0.526. The Balaban J connectivity index is 1.18. The summed E-state index contributed by atoms with van der Waals surface area (Å²) in [5.41, 5.74) is 4.29. The van der Waals surface area contributed by atoms with Crippen LogP contribution in [-0.2, 0) is 9.53 Å². The van der Waals surface area contributed by atoms with Gasteiger partial charge in [-0.3, -0.25) is 4.79 Å². The van der Waals surface area contributed by atoms with Gasteiger partial charge in [0.1, 0.15) is 17.2 Å². The maximum absolute atomic E-state index is 14.5. The second kappa shape index (κ2) is 13.4. The number of ether oxygens (including phenoxy) is 1. The lowest BCUT2D eigenvalue weighted by molar-refractivity contribution is -0.120. The fourth-order valence-corrected chi connectivity index (χ4v) is 8.11. The van der Waals surface area contributed by atoms with E-state index in [2.05, 4.69) is 32.8 Å². The average molecular weight is 689 g/mol. The molecule has 0 saturated carbocycles. The largest absolute Gasteiger partial charge is 0.444 e. The maximum Gasteiger partial charge on any atom is 0.410 e. The third kappa shape index (κ3) is 6.61. The van der Waals surface area contributed by atoms with Gasteiger partial charge in [-0.05, 0) is 103 Å². The van der Waals surface area contributed by atoms with Crippen LogP contribution in [0.25, 0.3) is 22.2 Å². The van der Waals surface area contributed by atoms with E-state index in [9.17, 15) is 18.4 Å². The van der Waals surface area contributed by atoms with Crippen molar-refractivity contribution in [3.8, 4) is 11.1 Å². The molecule has 0 radical (unpaired) electrons. The molecule has 3 fully saturated rings. The van der Waals surface area contributed by atoms with Crippen LogP contribution in [0.4, 0.5) is 19.3 Å². The summed E-state index contributed by atoms with van der Waals surface area (Å²) in [6, 6.07) is 9.98. The van der Waals surface area contributed by atoms with Crippen molar-refractivity contribution in [2.24, 2.45) is 0 Å². The lowest BCUT2D eigenvalue weighted by Gasteiger charge is -2.43. The summed E-state index contributed by atoms with van der Waals surface area (Å²) in [5, 5.41) is 4.15. The lowest BCUT2D eigenvalue weighted by Crippen LogP contribution is -2.50. The van der Waals surface area contributed by atoms with Gasteiger partial charge in [0.15, 0.2) is 11.6 Å². The molecule has 1 atom stereocenters. The van der Waals surface area contributed by atoms with Crippen molar-refractivity contribution in [3.63, 3.8) is 0 Å². The number of likely N-dealkylation sites (tertiary alicyclic amines) is 2. The summed E-state index contributed by atoms with van der Waals surface area (Å²) in [6.07, 6.45) is 5.01. The highest BCUT2D eigenvalue weighted by Crippen LogP contribution is 2.41. The molecule has 12 heteroatoms. The third-order valence-electron chi connectivity index (χ3n) is 10.5. The van der Waals surface area contributed by atoms with Crippen LogP contribution in [0.5, 0.6) is 0 Å². The summed E-state index contributed by atoms with van der Waals surface area (Å²) in [7, 11) is 0. The Hall–Kier alpha value is -4.32. The predicted octanol–water partition coefficient (Wildman–Crippen LogP) is 7.88. The third-order valence-corrected chi connectivity index (χ3v) is 10.5. The SMILES string of the molecule is Cc1noc(C)c1-c1ccc2c(c1)nc([C@@H]1CCCC(=O)N1c1ccc(F)c(F)c1)n2C1CCN(C2CCN(C(=O)OC(C)(C)C)CC2)CC1. The highest BCUT2D eigenvalue weighted by Gasteiger charge is 2.38. The number of fused-ring (bicyclic) bond motifs is 1. The molecule has 0 bridgehead atoms. The van der Waals surface area contributed by atoms with E-state index in [4.69, 9.17) is 14.2 Å². The summed E-state index contributed by atoms with van der Waals surface area (Å²) in [6.45, 7) is 12.6. The van der Waals surface area contributed by atoms with Gasteiger partial charge in [0, 0.05) is 62.0 Å². The quantitative estimate of drug-likeness (QED) is 0.211. The second-order valence-corrected chi connectivity index (χ2v) is 15.0. The van der Waals surface area contributed by atoms with Gasteiger partial charge in [-0.15, -0.1) is 0 Å². The van der Waals surface area contributed by atoms with Crippen molar-refractivity contribution in [3.05, 3.63) is 65.3 Å². The Bertz CT molecular complexity index is 1880. The highest BCUT2D eigenvalue weighted by molar-refractivity contribution is 5.95. The van der Waals surface area contributed by atoms with Crippen LogP contribution in [0.3, 0.4) is 0 Å². The minimum absolute atomic E-state index is 0.127. The first-order chi connectivity index (χ1) is 23.9. The highest BCUT2D eigenvalue weighted by atomic mass is 19.2. The molecule has 5 heterocycles. The number of carbonyl (C=O) groups is 2. The Morgan fingerprint density at radius 1 is 0.920 bits per heavy atom. The van der Waals surface area contributed by atoms with E-state index in [1.807, 2.05) is 39.5 Å². The number of rotatable bonds is 5. The zero-order chi connectivity index (χ0) is 35.3. The maximum atomic E-state index is 14.5. The van der Waals surface area contributed by atoms with Gasteiger partial charge in [-0.2, -0.15) is 0 Å². The topological polar surface area (TPSA) is 96.9 Å². The molecule has 2 aromatic heterocycles. The van der Waals surface area contributed by atoms with E-state index in [1.165, 1.54) is 6.07 Å². The van der Waals surface area contributed by atoms with E-state index in [1.54, 1.807) is 4.90 Å². The molecule has 0 spiro atoms. The number of imidazole rings is 1. The van der Waals surface area contributed by atoms with E-state index in [0.717, 1.165) is 90.3 Å². The van der Waals surface area contributed by atoms with Crippen LogP contribution >= 0.6 is 0 Å². The van der Waals surface area contributed by atoms with E-state index in [-0.39, 0.29) is 18.0 Å². The van der Waals surface area contributed by atoms with Crippen LogP contribution in [0.2, 0.25) is 0 Å². The molecular weight excluding hydrogens is 642 g/mol. The number of piperidine rings is 3. The standard InChI is InChI=1S/C38H46F2N6O4/c1-23-35(24(2)50-42-23)25-9-12-32-31(21-25)41-36(33-7-6-8-34(47)45(33)28-10-11-29(39)30(40)22-28)46(32)27-15-17-43(18-16-27)26-13-19-44(20-14-26)37(48)49-38(3,4)5/h9-12,21-22,26-27,33H,6-8,13-20H2,1-5H3/t33-/m0/s1. The Morgan fingerprint density at radius 2 is 1.64 bits per heavy atom. The van der Waals surface area contributed by atoms with Crippen LogP contribution in [0.1, 0.15) is 95.1 Å². The Kier molecular flexibility index (Phi) is 9.17. The van der Waals surface area contributed by atoms with Crippen molar-refractivity contribution in [2.45, 2.75) is 103 Å². The van der Waals surface area contributed by atoms with E-state index in [0.29, 0.717) is 44.1 Å². The lowest BCUT2D eigenvalue weighted by atomic mass is 9.96. The summed E-state index contributed by atoms with van der Waals surface area (Å²) in [5.74, 6) is -0.571. The summed E-state index contributed by atoms with van der Waals surface area (Å²) in [4.78, 5) is 37.4. The van der Waals surface area contributed by atoms with Gasteiger partial charge >= 0.3 is 6.09 Å². The number of anilines is 1. The molecule has 0 aliphatic carbocycles. The fourth-order valence-electron chi connectivity index (χ4n) is 8.11. The van der Waals surface area contributed by atoms with Gasteiger partial charge in [0.2, 0.25) is 5.91 Å². The van der Waals surface area contributed by atoms with Crippen molar-refractivity contribution < 1.29 is 27.6 Å². The van der Waals surface area contributed by atoms with Gasteiger partial charge in [-0.25, -0.2) is 18.6 Å². The molecule has 0 unspecified atom stereocenters.